The zero-order valence-electron chi connectivity index (χ0n) is 16.5. The van der Waals surface area contributed by atoms with Gasteiger partial charge in [0.1, 0.15) is 0 Å². The van der Waals surface area contributed by atoms with Gasteiger partial charge in [0.25, 0.3) is 0 Å². The van der Waals surface area contributed by atoms with E-state index in [1.807, 2.05) is 29.3 Å². The molecule has 2 aliphatic rings. The second-order valence-electron chi connectivity index (χ2n) is 7.92. The molecule has 1 saturated carbocycles. The fraction of sp³-hybridized carbons (Fsp3) is 0.280. The summed E-state index contributed by atoms with van der Waals surface area (Å²) >= 11 is 0. The van der Waals surface area contributed by atoms with Crippen LogP contribution in [-0.2, 0) is 22.6 Å². The van der Waals surface area contributed by atoms with E-state index in [0.29, 0.717) is 6.61 Å². The van der Waals surface area contributed by atoms with E-state index in [-0.39, 0.29) is 17.7 Å². The lowest BCUT2D eigenvalue weighted by molar-refractivity contribution is -0.119. The minimum Gasteiger partial charge on any atom is -0.380 e. The summed E-state index contributed by atoms with van der Waals surface area (Å²) in [5.74, 6) is 0.595. The van der Waals surface area contributed by atoms with Gasteiger partial charge in [-0.05, 0) is 59.4 Å². The van der Waals surface area contributed by atoms with Crippen molar-refractivity contribution in [1.29, 1.82) is 0 Å². The molecule has 1 aliphatic heterocycles. The van der Waals surface area contributed by atoms with E-state index in [4.69, 9.17) is 4.74 Å². The van der Waals surface area contributed by atoms with Crippen LogP contribution in [0.5, 0.6) is 0 Å². The Morgan fingerprint density at radius 3 is 2.69 bits per heavy atom. The lowest BCUT2D eigenvalue weighted by Gasteiger charge is -2.18. The van der Waals surface area contributed by atoms with E-state index in [0.717, 1.165) is 30.8 Å². The Morgan fingerprint density at radius 2 is 1.93 bits per heavy atom. The highest BCUT2D eigenvalue weighted by Crippen LogP contribution is 2.49. The first kappa shape index (κ1) is 18.1. The number of hydrogen-bond acceptors (Lipinski definition) is 3. The first-order valence-corrected chi connectivity index (χ1v) is 10.2. The van der Waals surface area contributed by atoms with Gasteiger partial charge in [-0.15, -0.1) is 0 Å². The molecule has 2 unspecified atom stereocenters. The lowest BCUT2D eigenvalue weighted by Crippen LogP contribution is -2.30. The SMILES string of the molecule is COCc1ccc(-c2ccc3c(c2)CCN3C(=O)C2CC2c2ccccn2)cc1. The van der Waals surface area contributed by atoms with Crippen molar-refractivity contribution in [3.8, 4) is 11.1 Å². The van der Waals surface area contributed by atoms with Gasteiger partial charge in [-0.3, -0.25) is 9.78 Å². The number of aromatic nitrogens is 1. The number of methoxy groups -OCH3 is 1. The Balaban J connectivity index is 1.32. The predicted molar refractivity (Wildman–Crippen MR) is 114 cm³/mol. The van der Waals surface area contributed by atoms with Crippen molar-refractivity contribution in [2.45, 2.75) is 25.4 Å². The fourth-order valence-corrected chi connectivity index (χ4v) is 4.36. The third-order valence-electron chi connectivity index (χ3n) is 6.01. The van der Waals surface area contributed by atoms with Crippen molar-refractivity contribution in [3.05, 3.63) is 83.7 Å². The largest absolute Gasteiger partial charge is 0.380 e. The van der Waals surface area contributed by atoms with Crippen LogP contribution in [0.3, 0.4) is 0 Å². The molecule has 4 heteroatoms. The Kier molecular flexibility index (Phi) is 4.64. The number of ether oxygens (including phenoxy) is 1. The van der Waals surface area contributed by atoms with Crippen LogP contribution in [-0.4, -0.2) is 24.5 Å². The molecule has 0 N–H and O–H groups in total. The van der Waals surface area contributed by atoms with Gasteiger partial charge >= 0.3 is 0 Å². The molecule has 1 fully saturated rings. The summed E-state index contributed by atoms with van der Waals surface area (Å²) in [5, 5.41) is 0. The monoisotopic (exact) mass is 384 g/mol. The lowest BCUT2D eigenvalue weighted by atomic mass is 10.0. The van der Waals surface area contributed by atoms with Gasteiger partial charge in [0.15, 0.2) is 0 Å². The minimum atomic E-state index is 0.0730. The van der Waals surface area contributed by atoms with Crippen LogP contribution >= 0.6 is 0 Å². The highest BCUT2D eigenvalue weighted by Gasteiger charge is 2.47. The zero-order valence-corrected chi connectivity index (χ0v) is 16.5. The Bertz CT molecular complexity index is 1030. The van der Waals surface area contributed by atoms with Crippen LogP contribution in [0.25, 0.3) is 11.1 Å². The second kappa shape index (κ2) is 7.45. The van der Waals surface area contributed by atoms with Crippen LogP contribution < -0.4 is 4.90 Å². The van der Waals surface area contributed by atoms with E-state index >= 15 is 0 Å². The number of pyridine rings is 1. The molecule has 4 nitrogen and oxygen atoms in total. The van der Waals surface area contributed by atoms with Crippen molar-refractivity contribution in [1.82, 2.24) is 4.98 Å². The van der Waals surface area contributed by atoms with E-state index in [9.17, 15) is 4.79 Å². The average Bonchev–Trinajstić information content (AvgIpc) is 3.46. The van der Waals surface area contributed by atoms with Crippen molar-refractivity contribution in [3.63, 3.8) is 0 Å². The van der Waals surface area contributed by atoms with Gasteiger partial charge in [0.2, 0.25) is 5.91 Å². The standard InChI is InChI=1S/C25H24N2O2/c1-29-16-17-5-7-18(8-6-17)19-9-10-24-20(14-19)11-13-27(24)25(28)22-15-21(22)23-4-2-3-12-26-23/h2-10,12,14,21-22H,11,13,15-16H2,1H3. The maximum atomic E-state index is 13.1. The Morgan fingerprint density at radius 1 is 1.10 bits per heavy atom. The summed E-state index contributed by atoms with van der Waals surface area (Å²) in [7, 11) is 1.71. The van der Waals surface area contributed by atoms with Gasteiger partial charge in [0.05, 0.1) is 6.61 Å². The molecule has 2 atom stereocenters. The molecule has 146 valence electrons. The molecule has 3 aromatic rings. The Labute approximate surface area is 171 Å². The van der Waals surface area contributed by atoms with Gasteiger partial charge in [-0.25, -0.2) is 0 Å². The van der Waals surface area contributed by atoms with Crippen molar-refractivity contribution >= 4 is 11.6 Å². The number of benzene rings is 2. The molecule has 29 heavy (non-hydrogen) atoms. The number of anilines is 1. The first-order valence-electron chi connectivity index (χ1n) is 10.2. The number of amides is 1. The maximum Gasteiger partial charge on any atom is 0.230 e. The molecule has 0 saturated heterocycles. The summed E-state index contributed by atoms with van der Waals surface area (Å²) in [6.07, 6.45) is 3.63. The fourth-order valence-electron chi connectivity index (χ4n) is 4.36. The number of rotatable bonds is 5. The molecule has 1 amide bonds. The van der Waals surface area contributed by atoms with Gasteiger partial charge in [0, 0.05) is 43.1 Å². The predicted octanol–water partition coefficient (Wildman–Crippen LogP) is 4.59. The number of carbonyl (C=O) groups is 1. The molecule has 0 spiro atoms. The molecule has 1 aliphatic carbocycles. The smallest absolute Gasteiger partial charge is 0.230 e. The third kappa shape index (κ3) is 3.45. The molecule has 1 aromatic heterocycles. The quantitative estimate of drug-likeness (QED) is 0.646. The van der Waals surface area contributed by atoms with Crippen LogP contribution in [0.1, 0.15) is 29.2 Å². The van der Waals surface area contributed by atoms with E-state index in [1.54, 1.807) is 7.11 Å². The van der Waals surface area contributed by atoms with Crippen LogP contribution in [0.15, 0.2) is 66.9 Å². The normalized spacial score (nSPS) is 19.8. The average molecular weight is 384 g/mol. The summed E-state index contributed by atoms with van der Waals surface area (Å²) in [5.41, 5.74) is 6.92. The van der Waals surface area contributed by atoms with Crippen LogP contribution in [0.4, 0.5) is 5.69 Å². The van der Waals surface area contributed by atoms with Crippen molar-refractivity contribution < 1.29 is 9.53 Å². The molecular weight excluding hydrogens is 360 g/mol. The second-order valence-corrected chi connectivity index (χ2v) is 7.92. The zero-order chi connectivity index (χ0) is 19.8. The van der Waals surface area contributed by atoms with Crippen molar-refractivity contribution in [2.75, 3.05) is 18.6 Å². The summed E-state index contributed by atoms with van der Waals surface area (Å²) in [4.78, 5) is 19.5. The van der Waals surface area contributed by atoms with Crippen LogP contribution in [0, 0.1) is 5.92 Å². The van der Waals surface area contributed by atoms with E-state index in [2.05, 4.69) is 47.4 Å². The molecule has 2 heterocycles. The molecule has 0 bridgehead atoms. The van der Waals surface area contributed by atoms with Gasteiger partial charge in [-0.1, -0.05) is 36.4 Å². The molecular formula is C25H24N2O2. The topological polar surface area (TPSA) is 42.4 Å². The highest BCUT2D eigenvalue weighted by atomic mass is 16.5. The van der Waals surface area contributed by atoms with Gasteiger partial charge in [-0.2, -0.15) is 0 Å². The maximum absolute atomic E-state index is 13.1. The van der Waals surface area contributed by atoms with Crippen LogP contribution in [0.2, 0.25) is 0 Å². The molecule has 2 aromatic carbocycles. The number of nitrogens with zero attached hydrogens (tertiary/aromatic N) is 2. The van der Waals surface area contributed by atoms with Gasteiger partial charge < -0.3 is 9.64 Å². The number of fused-ring (bicyclic) bond motifs is 1. The number of carbonyl (C=O) groups excluding carboxylic acids is 1. The summed E-state index contributed by atoms with van der Waals surface area (Å²) in [6.45, 7) is 1.40. The molecule has 5 rings (SSSR count). The summed E-state index contributed by atoms with van der Waals surface area (Å²) in [6, 6.07) is 20.9. The van der Waals surface area contributed by atoms with E-state index in [1.165, 1.54) is 22.3 Å². The number of hydrogen-bond donors (Lipinski definition) is 0. The molecule has 0 radical (unpaired) electrons. The van der Waals surface area contributed by atoms with Crippen molar-refractivity contribution in [2.24, 2.45) is 5.92 Å². The third-order valence-corrected chi connectivity index (χ3v) is 6.01. The Hall–Kier alpha value is -2.98. The van der Waals surface area contributed by atoms with E-state index < -0.39 is 0 Å². The highest BCUT2D eigenvalue weighted by molar-refractivity contribution is 5.99. The minimum absolute atomic E-state index is 0.0730. The first-order chi connectivity index (χ1) is 14.2. The summed E-state index contributed by atoms with van der Waals surface area (Å²) < 4.78 is 5.19.